The van der Waals surface area contributed by atoms with E-state index < -0.39 is 0 Å². The fourth-order valence-corrected chi connectivity index (χ4v) is 2.04. The second-order valence-corrected chi connectivity index (χ2v) is 5.46. The lowest BCUT2D eigenvalue weighted by molar-refractivity contribution is 0.438. The number of aromatic nitrogens is 1. The number of hydrogen-bond acceptors (Lipinski definition) is 3. The van der Waals surface area contributed by atoms with Gasteiger partial charge in [-0.3, -0.25) is 0 Å². The minimum Gasteiger partial charge on any atom is -0.367 e. The summed E-state index contributed by atoms with van der Waals surface area (Å²) < 4.78 is 19.0. The lowest BCUT2D eigenvalue weighted by Crippen LogP contribution is -1.98. The molecule has 0 bridgehead atoms. The smallest absolute Gasteiger partial charge is 0.225 e. The molecule has 2 aromatic rings. The SMILES string of the molecule is CC(C)Cc1c(-c2ccc(Br)c(F)c2)noc1N. The summed E-state index contributed by atoms with van der Waals surface area (Å²) in [5.74, 6) is 0.400. The molecule has 0 aliphatic rings. The predicted octanol–water partition coefficient (Wildman–Crippen LogP) is 4.02. The molecule has 5 heteroatoms. The number of benzene rings is 1. The van der Waals surface area contributed by atoms with Crippen molar-refractivity contribution in [3.05, 3.63) is 34.1 Å². The molecule has 0 aliphatic carbocycles. The number of halogens is 2. The van der Waals surface area contributed by atoms with E-state index in [2.05, 4.69) is 34.9 Å². The molecular weight excluding hydrogens is 299 g/mol. The van der Waals surface area contributed by atoms with Gasteiger partial charge in [0.2, 0.25) is 5.88 Å². The van der Waals surface area contributed by atoms with Gasteiger partial charge in [0.15, 0.2) is 0 Å². The molecule has 0 radical (unpaired) electrons. The molecule has 96 valence electrons. The maximum atomic E-state index is 13.5. The molecule has 0 unspecified atom stereocenters. The molecule has 0 fully saturated rings. The van der Waals surface area contributed by atoms with Crippen molar-refractivity contribution in [1.82, 2.24) is 5.16 Å². The first kappa shape index (κ1) is 13.1. The van der Waals surface area contributed by atoms with Gasteiger partial charge in [-0.15, -0.1) is 0 Å². The highest BCUT2D eigenvalue weighted by atomic mass is 79.9. The predicted molar refractivity (Wildman–Crippen MR) is 72.6 cm³/mol. The van der Waals surface area contributed by atoms with Crippen LogP contribution in [0.15, 0.2) is 27.2 Å². The first-order chi connectivity index (χ1) is 8.49. The Morgan fingerprint density at radius 3 is 2.78 bits per heavy atom. The highest BCUT2D eigenvalue weighted by Gasteiger charge is 2.17. The molecule has 18 heavy (non-hydrogen) atoms. The Morgan fingerprint density at radius 2 is 2.17 bits per heavy atom. The van der Waals surface area contributed by atoms with Crippen LogP contribution in [0.1, 0.15) is 19.4 Å². The number of nitrogens with zero attached hydrogens (tertiary/aromatic N) is 1. The molecule has 1 aromatic heterocycles. The minimum atomic E-state index is -0.329. The second-order valence-electron chi connectivity index (χ2n) is 4.60. The summed E-state index contributed by atoms with van der Waals surface area (Å²) in [5, 5.41) is 3.93. The third-order valence-corrected chi connectivity index (χ3v) is 3.27. The lowest BCUT2D eigenvalue weighted by atomic mass is 9.99. The van der Waals surface area contributed by atoms with Crippen LogP contribution in [0.25, 0.3) is 11.3 Å². The topological polar surface area (TPSA) is 52.0 Å². The largest absolute Gasteiger partial charge is 0.367 e. The van der Waals surface area contributed by atoms with Crippen LogP contribution in [0.5, 0.6) is 0 Å². The molecule has 3 nitrogen and oxygen atoms in total. The van der Waals surface area contributed by atoms with Gasteiger partial charge < -0.3 is 10.3 Å². The number of hydrogen-bond donors (Lipinski definition) is 1. The van der Waals surface area contributed by atoms with Crippen LogP contribution in [0.2, 0.25) is 0 Å². The van der Waals surface area contributed by atoms with E-state index in [9.17, 15) is 4.39 Å². The molecule has 0 amide bonds. The maximum Gasteiger partial charge on any atom is 0.225 e. The summed E-state index contributed by atoms with van der Waals surface area (Å²) in [6.07, 6.45) is 0.752. The summed E-state index contributed by atoms with van der Waals surface area (Å²) in [6.45, 7) is 4.16. The van der Waals surface area contributed by atoms with Gasteiger partial charge in [0.05, 0.1) is 4.47 Å². The molecule has 0 saturated heterocycles. The van der Waals surface area contributed by atoms with Gasteiger partial charge in [-0.1, -0.05) is 25.1 Å². The lowest BCUT2D eigenvalue weighted by Gasteiger charge is -2.05. The van der Waals surface area contributed by atoms with E-state index in [4.69, 9.17) is 10.3 Å². The summed E-state index contributed by atoms with van der Waals surface area (Å²) in [5.41, 5.74) is 7.89. The molecule has 0 saturated carbocycles. The standard InChI is InChI=1S/C13H14BrFN2O/c1-7(2)5-9-12(17-18-13(9)16)8-3-4-10(14)11(15)6-8/h3-4,6-7H,5,16H2,1-2H3. The first-order valence-electron chi connectivity index (χ1n) is 5.68. The van der Waals surface area contributed by atoms with E-state index >= 15 is 0 Å². The molecular formula is C13H14BrFN2O. The fourth-order valence-electron chi connectivity index (χ4n) is 1.80. The quantitative estimate of drug-likeness (QED) is 0.931. The van der Waals surface area contributed by atoms with Crippen LogP contribution in [-0.2, 0) is 6.42 Å². The van der Waals surface area contributed by atoms with Gasteiger partial charge >= 0.3 is 0 Å². The Balaban J connectivity index is 2.47. The molecule has 1 heterocycles. The summed E-state index contributed by atoms with van der Waals surface area (Å²) in [4.78, 5) is 0. The monoisotopic (exact) mass is 312 g/mol. The van der Waals surface area contributed by atoms with Crippen LogP contribution in [-0.4, -0.2) is 5.16 Å². The van der Waals surface area contributed by atoms with E-state index in [-0.39, 0.29) is 5.82 Å². The number of rotatable bonds is 3. The molecule has 2 N–H and O–H groups in total. The number of nitrogen functional groups attached to an aromatic ring is 1. The van der Waals surface area contributed by atoms with Gasteiger partial charge in [0.1, 0.15) is 11.5 Å². The van der Waals surface area contributed by atoms with Gasteiger partial charge in [0, 0.05) is 11.1 Å². The van der Waals surface area contributed by atoms with Crippen molar-refractivity contribution in [2.75, 3.05) is 5.73 Å². The highest BCUT2D eigenvalue weighted by molar-refractivity contribution is 9.10. The zero-order valence-electron chi connectivity index (χ0n) is 10.2. The van der Waals surface area contributed by atoms with E-state index in [1.165, 1.54) is 6.07 Å². The normalized spacial score (nSPS) is 11.2. The zero-order chi connectivity index (χ0) is 13.3. The Labute approximate surface area is 113 Å². The average molecular weight is 313 g/mol. The van der Waals surface area contributed by atoms with E-state index in [1.807, 2.05) is 0 Å². The van der Waals surface area contributed by atoms with E-state index in [1.54, 1.807) is 12.1 Å². The zero-order valence-corrected chi connectivity index (χ0v) is 11.8. The van der Waals surface area contributed by atoms with Gasteiger partial charge in [-0.2, -0.15) is 0 Å². The summed E-state index contributed by atoms with van der Waals surface area (Å²) in [6, 6.07) is 4.86. The Hall–Kier alpha value is -1.36. The Bertz CT molecular complexity index is 566. The number of anilines is 1. The van der Waals surface area contributed by atoms with Crippen molar-refractivity contribution >= 4 is 21.8 Å². The molecule has 1 aromatic carbocycles. The Morgan fingerprint density at radius 1 is 1.44 bits per heavy atom. The van der Waals surface area contributed by atoms with E-state index in [0.717, 1.165) is 12.0 Å². The van der Waals surface area contributed by atoms with Crippen molar-refractivity contribution in [1.29, 1.82) is 0 Å². The molecule has 0 aliphatic heterocycles. The van der Waals surface area contributed by atoms with Gasteiger partial charge in [-0.25, -0.2) is 4.39 Å². The van der Waals surface area contributed by atoms with E-state index in [0.29, 0.717) is 27.5 Å². The van der Waals surface area contributed by atoms with Crippen molar-refractivity contribution in [3.63, 3.8) is 0 Å². The van der Waals surface area contributed by atoms with Crippen molar-refractivity contribution < 1.29 is 8.91 Å². The highest BCUT2D eigenvalue weighted by Crippen LogP contribution is 2.31. The van der Waals surface area contributed by atoms with Gasteiger partial charge in [0.25, 0.3) is 0 Å². The minimum absolute atomic E-state index is 0.307. The first-order valence-corrected chi connectivity index (χ1v) is 6.47. The van der Waals surface area contributed by atoms with Crippen LogP contribution < -0.4 is 5.73 Å². The number of nitrogens with two attached hydrogens (primary N) is 1. The molecule has 0 spiro atoms. The van der Waals surface area contributed by atoms with Crippen LogP contribution in [0, 0.1) is 11.7 Å². The van der Waals surface area contributed by atoms with Crippen LogP contribution >= 0.6 is 15.9 Å². The third-order valence-electron chi connectivity index (χ3n) is 2.62. The average Bonchev–Trinajstić information content (AvgIpc) is 2.64. The van der Waals surface area contributed by atoms with Gasteiger partial charge in [-0.05, 0) is 40.4 Å². The van der Waals surface area contributed by atoms with Crippen molar-refractivity contribution in [2.45, 2.75) is 20.3 Å². The molecule has 0 atom stereocenters. The summed E-state index contributed by atoms with van der Waals surface area (Å²) in [7, 11) is 0. The fraction of sp³-hybridized carbons (Fsp3) is 0.308. The van der Waals surface area contributed by atoms with Crippen LogP contribution in [0.3, 0.4) is 0 Å². The third kappa shape index (κ3) is 2.56. The molecule has 2 rings (SSSR count). The van der Waals surface area contributed by atoms with Crippen molar-refractivity contribution in [3.8, 4) is 11.3 Å². The second kappa shape index (κ2) is 5.10. The Kier molecular flexibility index (Phi) is 3.71. The van der Waals surface area contributed by atoms with Crippen molar-refractivity contribution in [2.24, 2.45) is 5.92 Å². The summed E-state index contributed by atoms with van der Waals surface area (Å²) >= 11 is 3.12. The maximum absolute atomic E-state index is 13.5. The van der Waals surface area contributed by atoms with Crippen LogP contribution in [0.4, 0.5) is 10.3 Å².